The van der Waals surface area contributed by atoms with E-state index in [4.69, 9.17) is 21.1 Å². The monoisotopic (exact) mass is 394 g/mol. The number of thiophene rings is 1. The van der Waals surface area contributed by atoms with Crippen LogP contribution >= 0.6 is 22.9 Å². The van der Waals surface area contributed by atoms with Crippen molar-refractivity contribution in [3.63, 3.8) is 0 Å². The molecule has 0 bridgehead atoms. The van der Waals surface area contributed by atoms with Gasteiger partial charge in [-0.05, 0) is 49.5 Å². The fourth-order valence-corrected chi connectivity index (χ4v) is 4.43. The second-order valence-electron chi connectivity index (χ2n) is 6.18. The average Bonchev–Trinajstić information content (AvgIpc) is 3.35. The zero-order valence-electron chi connectivity index (χ0n) is 15.0. The van der Waals surface area contributed by atoms with E-state index in [9.17, 15) is 4.79 Å². The van der Waals surface area contributed by atoms with Gasteiger partial charge in [0.2, 0.25) is 0 Å². The number of amides is 1. The Balaban J connectivity index is 1.73. The van der Waals surface area contributed by atoms with Crippen molar-refractivity contribution in [2.45, 2.75) is 18.9 Å². The van der Waals surface area contributed by atoms with E-state index < -0.39 is 0 Å². The van der Waals surface area contributed by atoms with E-state index >= 15 is 0 Å². The van der Waals surface area contributed by atoms with Crippen LogP contribution in [0.3, 0.4) is 0 Å². The van der Waals surface area contributed by atoms with Crippen molar-refractivity contribution in [2.75, 3.05) is 33.9 Å². The summed E-state index contributed by atoms with van der Waals surface area (Å²) in [4.78, 5) is 16.4. The van der Waals surface area contributed by atoms with E-state index in [-0.39, 0.29) is 11.9 Å². The molecular weight excluding hydrogens is 372 g/mol. The van der Waals surface area contributed by atoms with Gasteiger partial charge < -0.3 is 14.8 Å². The number of hydrogen-bond donors (Lipinski definition) is 1. The van der Waals surface area contributed by atoms with Crippen molar-refractivity contribution in [2.24, 2.45) is 0 Å². The Morgan fingerprint density at radius 2 is 2.08 bits per heavy atom. The molecule has 1 aliphatic rings. The van der Waals surface area contributed by atoms with Gasteiger partial charge >= 0.3 is 0 Å². The quantitative estimate of drug-likeness (QED) is 0.771. The number of hydrogen-bond acceptors (Lipinski definition) is 5. The van der Waals surface area contributed by atoms with Gasteiger partial charge in [0.05, 0.1) is 25.3 Å². The van der Waals surface area contributed by atoms with Crippen molar-refractivity contribution in [3.8, 4) is 11.5 Å². The molecule has 26 heavy (non-hydrogen) atoms. The molecule has 7 heteroatoms. The molecule has 1 atom stereocenters. The molecular formula is C19H23ClN2O3S. The van der Waals surface area contributed by atoms with Crippen molar-refractivity contribution in [1.29, 1.82) is 0 Å². The number of rotatable bonds is 7. The van der Waals surface area contributed by atoms with Crippen molar-refractivity contribution in [1.82, 2.24) is 10.2 Å². The lowest BCUT2D eigenvalue weighted by Gasteiger charge is -2.27. The first kappa shape index (κ1) is 19.0. The van der Waals surface area contributed by atoms with Crippen LogP contribution in [0, 0.1) is 0 Å². The predicted octanol–water partition coefficient (Wildman–Crippen LogP) is 3.99. The van der Waals surface area contributed by atoms with E-state index in [1.54, 1.807) is 23.5 Å². The molecule has 1 amide bonds. The lowest BCUT2D eigenvalue weighted by Crippen LogP contribution is -2.36. The van der Waals surface area contributed by atoms with Crippen LogP contribution in [0.1, 0.15) is 34.1 Å². The topological polar surface area (TPSA) is 50.8 Å². The SMILES string of the molecule is COc1cc(C(=O)NCC(c2cccs2)N2CCCC2)cc(Cl)c1OC. The first-order valence-corrected chi connectivity index (χ1v) is 9.87. The van der Waals surface area contributed by atoms with Crippen LogP contribution in [0.15, 0.2) is 29.6 Å². The fraction of sp³-hybridized carbons (Fsp3) is 0.421. The predicted molar refractivity (Wildman–Crippen MR) is 105 cm³/mol. The minimum atomic E-state index is -0.173. The maximum Gasteiger partial charge on any atom is 0.251 e. The van der Waals surface area contributed by atoms with Gasteiger partial charge in [-0.25, -0.2) is 0 Å². The molecule has 1 N–H and O–H groups in total. The molecule has 0 spiro atoms. The lowest BCUT2D eigenvalue weighted by molar-refractivity contribution is 0.0938. The average molecular weight is 395 g/mol. The largest absolute Gasteiger partial charge is 0.493 e. The molecule has 1 aliphatic heterocycles. The summed E-state index contributed by atoms with van der Waals surface area (Å²) >= 11 is 7.94. The van der Waals surface area contributed by atoms with E-state index in [1.807, 2.05) is 0 Å². The molecule has 5 nitrogen and oxygen atoms in total. The highest BCUT2D eigenvalue weighted by Crippen LogP contribution is 2.36. The zero-order chi connectivity index (χ0) is 18.5. The van der Waals surface area contributed by atoms with Gasteiger partial charge in [-0.2, -0.15) is 0 Å². The molecule has 1 aromatic heterocycles. The summed E-state index contributed by atoms with van der Waals surface area (Å²) in [5.74, 6) is 0.701. The lowest BCUT2D eigenvalue weighted by atomic mass is 10.1. The summed E-state index contributed by atoms with van der Waals surface area (Å²) in [7, 11) is 3.04. The molecule has 2 aromatic rings. The Morgan fingerprint density at radius 1 is 1.31 bits per heavy atom. The molecule has 0 saturated carbocycles. The third-order valence-electron chi connectivity index (χ3n) is 4.60. The van der Waals surface area contributed by atoms with Gasteiger partial charge in [-0.3, -0.25) is 9.69 Å². The van der Waals surface area contributed by atoms with Gasteiger partial charge in [0, 0.05) is 17.0 Å². The minimum Gasteiger partial charge on any atom is -0.493 e. The number of likely N-dealkylation sites (tertiary alicyclic amines) is 1. The van der Waals surface area contributed by atoms with E-state index in [2.05, 4.69) is 27.7 Å². The molecule has 3 rings (SSSR count). The van der Waals surface area contributed by atoms with E-state index in [0.717, 1.165) is 13.1 Å². The number of nitrogens with zero attached hydrogens (tertiary/aromatic N) is 1. The van der Waals surface area contributed by atoms with Gasteiger partial charge in [0.1, 0.15) is 0 Å². The third kappa shape index (κ3) is 4.14. The van der Waals surface area contributed by atoms with Crippen LogP contribution in [-0.2, 0) is 0 Å². The van der Waals surface area contributed by atoms with Crippen molar-refractivity contribution < 1.29 is 14.3 Å². The van der Waals surface area contributed by atoms with Gasteiger partial charge in [-0.1, -0.05) is 17.7 Å². The number of methoxy groups -OCH3 is 2. The highest BCUT2D eigenvalue weighted by Gasteiger charge is 2.25. The van der Waals surface area contributed by atoms with Gasteiger partial charge in [0.25, 0.3) is 5.91 Å². The molecule has 1 unspecified atom stereocenters. The summed E-state index contributed by atoms with van der Waals surface area (Å²) in [6.07, 6.45) is 2.42. The number of carbonyl (C=O) groups excluding carboxylic acids is 1. The summed E-state index contributed by atoms with van der Waals surface area (Å²) in [5, 5.41) is 5.48. The number of ether oxygens (including phenoxy) is 2. The Hall–Kier alpha value is -1.76. The highest BCUT2D eigenvalue weighted by molar-refractivity contribution is 7.10. The van der Waals surface area contributed by atoms with Crippen LogP contribution in [0.2, 0.25) is 5.02 Å². The Bertz CT molecular complexity index is 745. The molecule has 0 aliphatic carbocycles. The number of nitrogens with one attached hydrogen (secondary N) is 1. The number of halogens is 1. The molecule has 0 radical (unpaired) electrons. The van der Waals surface area contributed by atoms with Gasteiger partial charge in [0.15, 0.2) is 11.5 Å². The molecule has 1 fully saturated rings. The van der Waals surface area contributed by atoms with Crippen molar-refractivity contribution in [3.05, 3.63) is 45.1 Å². The van der Waals surface area contributed by atoms with E-state index in [1.165, 1.54) is 31.9 Å². The zero-order valence-corrected chi connectivity index (χ0v) is 16.5. The second kappa shape index (κ2) is 8.75. The van der Waals surface area contributed by atoms with E-state index in [0.29, 0.717) is 28.6 Å². The van der Waals surface area contributed by atoms with Crippen LogP contribution in [-0.4, -0.2) is 44.7 Å². The van der Waals surface area contributed by atoms with Gasteiger partial charge in [-0.15, -0.1) is 11.3 Å². The summed E-state index contributed by atoms with van der Waals surface area (Å²) in [6.45, 7) is 2.70. The molecule has 2 heterocycles. The Morgan fingerprint density at radius 3 is 2.69 bits per heavy atom. The van der Waals surface area contributed by atoms with Crippen LogP contribution in [0.25, 0.3) is 0 Å². The third-order valence-corrected chi connectivity index (χ3v) is 5.86. The molecule has 140 valence electrons. The fourth-order valence-electron chi connectivity index (χ4n) is 3.28. The first-order valence-electron chi connectivity index (χ1n) is 8.61. The first-order chi connectivity index (χ1) is 12.6. The Kier molecular flexibility index (Phi) is 6.40. The Labute approximate surface area is 162 Å². The standard InChI is InChI=1S/C19H23ClN2O3S/c1-24-16-11-13(10-14(20)18(16)25-2)19(23)21-12-15(17-6-5-9-26-17)22-7-3-4-8-22/h5-6,9-11,15H,3-4,7-8,12H2,1-2H3,(H,21,23). The normalized spacial score (nSPS) is 15.7. The maximum absolute atomic E-state index is 12.7. The summed E-state index contributed by atoms with van der Waals surface area (Å²) in [6, 6.07) is 7.65. The minimum absolute atomic E-state index is 0.173. The van der Waals surface area contributed by atoms with Crippen LogP contribution in [0.5, 0.6) is 11.5 Å². The number of benzene rings is 1. The highest BCUT2D eigenvalue weighted by atomic mass is 35.5. The summed E-state index contributed by atoms with van der Waals surface area (Å²) < 4.78 is 10.5. The molecule has 1 saturated heterocycles. The van der Waals surface area contributed by atoms with Crippen molar-refractivity contribution >= 4 is 28.8 Å². The second-order valence-corrected chi connectivity index (χ2v) is 7.56. The number of carbonyl (C=O) groups is 1. The maximum atomic E-state index is 12.7. The smallest absolute Gasteiger partial charge is 0.251 e. The van der Waals surface area contributed by atoms with Crippen LogP contribution in [0.4, 0.5) is 0 Å². The molecule has 1 aromatic carbocycles. The van der Waals surface area contributed by atoms with Crippen LogP contribution < -0.4 is 14.8 Å². The summed E-state index contributed by atoms with van der Waals surface area (Å²) in [5.41, 5.74) is 0.457.